The maximum Gasteiger partial charge on any atom is 0.290 e. The van der Waals surface area contributed by atoms with Gasteiger partial charge in [-0.1, -0.05) is 27.7 Å². The Morgan fingerprint density at radius 1 is 0.907 bits per heavy atom. The third-order valence-corrected chi connectivity index (χ3v) is 7.89. The van der Waals surface area contributed by atoms with Gasteiger partial charge in [0.1, 0.15) is 5.65 Å². The van der Waals surface area contributed by atoms with Crippen LogP contribution in [0.4, 0.5) is 0 Å². The lowest BCUT2D eigenvalue weighted by Crippen LogP contribution is -2.34. The molecule has 2 amide bonds. The molecule has 2 fully saturated rings. The number of hydrogen-bond donors (Lipinski definition) is 2. The number of likely N-dealkylation sites (tertiary alicyclic amines) is 2. The fourth-order valence-corrected chi connectivity index (χ4v) is 5.50. The first kappa shape index (κ1) is 35.7. The first-order chi connectivity index (χ1) is 20.7. The molecule has 0 saturated carbocycles. The highest BCUT2D eigenvalue weighted by Gasteiger charge is 2.27. The Labute approximate surface area is 255 Å². The van der Waals surface area contributed by atoms with Crippen LogP contribution >= 0.6 is 0 Å². The van der Waals surface area contributed by atoms with Crippen LogP contribution in [0.1, 0.15) is 99.2 Å². The first-order valence-electron chi connectivity index (χ1n) is 15.6. The Kier molecular flexibility index (Phi) is 15.7. The van der Waals surface area contributed by atoms with E-state index in [4.69, 9.17) is 24.8 Å². The molecule has 0 bridgehead atoms. The molecule has 2 aliphatic rings. The molecule has 11 nitrogen and oxygen atoms in total. The van der Waals surface area contributed by atoms with Gasteiger partial charge >= 0.3 is 0 Å². The highest BCUT2D eigenvalue weighted by molar-refractivity contribution is 5.96. The minimum atomic E-state index is -0.250. The van der Waals surface area contributed by atoms with Gasteiger partial charge in [-0.05, 0) is 95.0 Å². The maximum absolute atomic E-state index is 13.7. The number of imidazole rings is 1. The van der Waals surface area contributed by atoms with Crippen molar-refractivity contribution in [3.63, 3.8) is 0 Å². The van der Waals surface area contributed by atoms with Crippen molar-refractivity contribution < 1.29 is 29.4 Å². The van der Waals surface area contributed by atoms with Gasteiger partial charge < -0.3 is 29.3 Å². The number of aromatic nitrogens is 2. The standard InChI is InChI=1S/C30H47N5O2.2CH2O2/c1-23(2)13-20-34(21-14-24(3)4)29(36)25-11-12-27-31-28(30(37)33-18-7-8-19-33)26(35(27)22-25)10-9-17-32-15-5-6-16-32;2*2-1-3/h11-12,22-24H,5-10,13-21H2,1-4H3;2*1H,(H,2,3). The number of carbonyl (C=O) groups excluding carboxylic acids is 2. The summed E-state index contributed by atoms with van der Waals surface area (Å²) in [4.78, 5) is 55.1. The van der Waals surface area contributed by atoms with Crippen LogP contribution in [0, 0.1) is 11.8 Å². The lowest BCUT2D eigenvalue weighted by molar-refractivity contribution is -0.123. The number of hydrogen-bond acceptors (Lipinski definition) is 6. The van der Waals surface area contributed by atoms with Crippen LogP contribution in [0.25, 0.3) is 5.65 Å². The zero-order valence-electron chi connectivity index (χ0n) is 26.4. The normalized spacial score (nSPS) is 14.8. The summed E-state index contributed by atoms with van der Waals surface area (Å²) >= 11 is 0. The van der Waals surface area contributed by atoms with Gasteiger partial charge in [0.15, 0.2) is 5.69 Å². The summed E-state index contributed by atoms with van der Waals surface area (Å²) in [6.07, 6.45) is 10.4. The molecule has 0 spiro atoms. The predicted octanol–water partition coefficient (Wildman–Crippen LogP) is 4.53. The SMILES string of the molecule is CC(C)CCN(CCC(C)C)C(=O)c1ccc2nc(C(=O)N3CCCC3)c(CCCN3CCCC3)n2c1.O=CO.O=CO. The maximum atomic E-state index is 13.7. The quantitative estimate of drug-likeness (QED) is 0.339. The van der Waals surface area contributed by atoms with Gasteiger partial charge in [-0.3, -0.25) is 19.2 Å². The molecule has 2 aromatic rings. The average Bonchev–Trinajstić information content (AvgIpc) is 3.75. The van der Waals surface area contributed by atoms with Crippen LogP contribution in [0.3, 0.4) is 0 Å². The molecule has 2 aliphatic heterocycles. The van der Waals surface area contributed by atoms with E-state index < -0.39 is 0 Å². The smallest absolute Gasteiger partial charge is 0.290 e. The summed E-state index contributed by atoms with van der Waals surface area (Å²) in [6, 6.07) is 3.81. The Balaban J connectivity index is 0.000000992. The minimum absolute atomic E-state index is 0.0424. The molecule has 2 aromatic heterocycles. The highest BCUT2D eigenvalue weighted by atomic mass is 16.3. The Hall–Kier alpha value is -3.47. The summed E-state index contributed by atoms with van der Waals surface area (Å²) in [6.45, 7) is 14.9. The first-order valence-corrected chi connectivity index (χ1v) is 15.6. The van der Waals surface area contributed by atoms with Crippen LogP contribution in [0.5, 0.6) is 0 Å². The monoisotopic (exact) mass is 601 g/mol. The second-order valence-electron chi connectivity index (χ2n) is 12.1. The van der Waals surface area contributed by atoms with Gasteiger partial charge in [-0.2, -0.15) is 0 Å². The largest absolute Gasteiger partial charge is 0.483 e. The van der Waals surface area contributed by atoms with Crippen molar-refractivity contribution in [3.8, 4) is 0 Å². The van der Waals surface area contributed by atoms with E-state index in [1.54, 1.807) is 0 Å². The molecular formula is C32H51N5O6. The number of carboxylic acid groups (broad SMARTS) is 2. The van der Waals surface area contributed by atoms with Gasteiger partial charge in [0.25, 0.3) is 24.8 Å². The fourth-order valence-electron chi connectivity index (χ4n) is 5.50. The molecule has 2 saturated heterocycles. The summed E-state index contributed by atoms with van der Waals surface area (Å²) in [5.74, 6) is 1.21. The van der Waals surface area contributed by atoms with Crippen molar-refractivity contribution in [2.75, 3.05) is 45.8 Å². The zero-order chi connectivity index (χ0) is 31.8. The van der Waals surface area contributed by atoms with Crippen molar-refractivity contribution >= 4 is 30.4 Å². The van der Waals surface area contributed by atoms with Gasteiger partial charge in [-0.25, -0.2) is 4.98 Å². The number of pyridine rings is 1. The van der Waals surface area contributed by atoms with Crippen LogP contribution in [-0.4, -0.2) is 105 Å². The van der Waals surface area contributed by atoms with Gasteiger partial charge in [0.05, 0.1) is 11.3 Å². The Bertz CT molecular complexity index is 1130. The molecule has 0 radical (unpaired) electrons. The molecule has 4 rings (SSSR count). The van der Waals surface area contributed by atoms with E-state index in [9.17, 15) is 9.59 Å². The van der Waals surface area contributed by atoms with E-state index in [0.717, 1.165) is 82.6 Å². The number of rotatable bonds is 12. The van der Waals surface area contributed by atoms with Crippen LogP contribution in [0.2, 0.25) is 0 Å². The van der Waals surface area contributed by atoms with Crippen molar-refractivity contribution in [2.45, 2.75) is 79.1 Å². The number of fused-ring (bicyclic) bond motifs is 1. The summed E-state index contributed by atoms with van der Waals surface area (Å²) in [5.41, 5.74) is 2.96. The van der Waals surface area contributed by atoms with E-state index in [2.05, 4.69) is 32.6 Å². The molecule has 0 atom stereocenters. The molecular weight excluding hydrogens is 550 g/mol. The zero-order valence-corrected chi connectivity index (χ0v) is 26.4. The molecule has 43 heavy (non-hydrogen) atoms. The Morgan fingerprint density at radius 3 is 1.98 bits per heavy atom. The molecule has 2 N–H and O–H groups in total. The van der Waals surface area contributed by atoms with E-state index in [-0.39, 0.29) is 24.8 Å². The summed E-state index contributed by atoms with van der Waals surface area (Å²) in [7, 11) is 0. The number of amides is 2. The Morgan fingerprint density at radius 2 is 1.44 bits per heavy atom. The predicted molar refractivity (Wildman–Crippen MR) is 167 cm³/mol. The van der Waals surface area contributed by atoms with Crippen LogP contribution in [-0.2, 0) is 16.0 Å². The number of aryl methyl sites for hydroxylation is 1. The molecule has 4 heterocycles. The van der Waals surface area contributed by atoms with Crippen molar-refractivity contribution in [1.82, 2.24) is 24.1 Å². The second kappa shape index (κ2) is 18.9. The topological polar surface area (TPSA) is 136 Å². The molecule has 0 aromatic carbocycles. The van der Waals surface area contributed by atoms with Crippen molar-refractivity contribution in [1.29, 1.82) is 0 Å². The second-order valence-corrected chi connectivity index (χ2v) is 12.1. The van der Waals surface area contributed by atoms with Crippen LogP contribution in [0.15, 0.2) is 18.3 Å². The van der Waals surface area contributed by atoms with E-state index in [0.29, 0.717) is 23.1 Å². The van der Waals surface area contributed by atoms with Crippen molar-refractivity contribution in [2.24, 2.45) is 11.8 Å². The van der Waals surface area contributed by atoms with E-state index >= 15 is 0 Å². The van der Waals surface area contributed by atoms with E-state index in [1.165, 1.54) is 25.9 Å². The highest BCUT2D eigenvalue weighted by Crippen LogP contribution is 2.22. The minimum Gasteiger partial charge on any atom is -0.483 e. The summed E-state index contributed by atoms with van der Waals surface area (Å²) in [5, 5.41) is 13.8. The lowest BCUT2D eigenvalue weighted by Gasteiger charge is -2.24. The van der Waals surface area contributed by atoms with Gasteiger partial charge in [0.2, 0.25) is 0 Å². The van der Waals surface area contributed by atoms with Crippen LogP contribution < -0.4 is 0 Å². The third-order valence-electron chi connectivity index (χ3n) is 7.89. The van der Waals surface area contributed by atoms with Gasteiger partial charge in [-0.15, -0.1) is 0 Å². The molecule has 0 unspecified atom stereocenters. The molecule has 0 aliphatic carbocycles. The molecule has 11 heteroatoms. The third kappa shape index (κ3) is 11.3. The average molecular weight is 602 g/mol. The number of carbonyl (C=O) groups is 4. The molecule has 240 valence electrons. The number of nitrogens with zero attached hydrogens (tertiary/aromatic N) is 5. The van der Waals surface area contributed by atoms with Crippen molar-refractivity contribution in [3.05, 3.63) is 35.3 Å². The van der Waals surface area contributed by atoms with E-state index in [1.807, 2.05) is 32.5 Å². The van der Waals surface area contributed by atoms with Gasteiger partial charge in [0, 0.05) is 32.4 Å². The lowest BCUT2D eigenvalue weighted by atomic mass is 10.1. The fraction of sp³-hybridized carbons (Fsp3) is 0.656. The summed E-state index contributed by atoms with van der Waals surface area (Å²) < 4.78 is 2.03.